The molecule has 0 aliphatic heterocycles. The topological polar surface area (TPSA) is 47.6 Å². The van der Waals surface area contributed by atoms with Gasteiger partial charge in [0, 0.05) is 11.8 Å². The molecule has 23 heavy (non-hydrogen) atoms. The zero-order valence-electron chi connectivity index (χ0n) is 12.7. The first kappa shape index (κ1) is 17.4. The van der Waals surface area contributed by atoms with Crippen LogP contribution in [0.3, 0.4) is 0 Å². The van der Waals surface area contributed by atoms with Crippen LogP contribution in [0.2, 0.25) is 10.0 Å². The van der Waals surface area contributed by atoms with Gasteiger partial charge in [0.15, 0.2) is 11.5 Å². The number of hydrogen-bond acceptors (Lipinski definition) is 3. The van der Waals surface area contributed by atoms with Gasteiger partial charge in [-0.1, -0.05) is 23.2 Å². The number of ether oxygens (including phenoxy) is 2. The summed E-state index contributed by atoms with van der Waals surface area (Å²) in [6.45, 7) is 1.79. The highest BCUT2D eigenvalue weighted by Gasteiger charge is 2.16. The van der Waals surface area contributed by atoms with Crippen LogP contribution in [0.1, 0.15) is 15.9 Å². The van der Waals surface area contributed by atoms with E-state index in [0.717, 1.165) is 11.6 Å². The van der Waals surface area contributed by atoms with Crippen LogP contribution in [0.4, 0.5) is 10.1 Å². The number of halogens is 3. The molecule has 1 N–H and O–H groups in total. The maximum Gasteiger partial charge on any atom is 0.257 e. The number of methoxy groups -OCH3 is 2. The number of anilines is 1. The van der Waals surface area contributed by atoms with Crippen molar-refractivity contribution in [3.63, 3.8) is 0 Å². The Kier molecular flexibility index (Phi) is 5.34. The van der Waals surface area contributed by atoms with Gasteiger partial charge in [-0.2, -0.15) is 0 Å². The van der Waals surface area contributed by atoms with Gasteiger partial charge >= 0.3 is 0 Å². The summed E-state index contributed by atoms with van der Waals surface area (Å²) in [6.07, 6.45) is 0. The lowest BCUT2D eigenvalue weighted by Crippen LogP contribution is -2.14. The first-order chi connectivity index (χ1) is 10.9. The molecule has 0 bridgehead atoms. The minimum absolute atomic E-state index is 0.0113. The van der Waals surface area contributed by atoms with E-state index in [1.54, 1.807) is 19.1 Å². The van der Waals surface area contributed by atoms with Crippen molar-refractivity contribution in [2.24, 2.45) is 0 Å². The second-order valence-electron chi connectivity index (χ2n) is 4.72. The first-order valence-corrected chi connectivity index (χ1v) is 7.31. The first-order valence-electron chi connectivity index (χ1n) is 6.56. The van der Waals surface area contributed by atoms with Gasteiger partial charge in [0.1, 0.15) is 5.82 Å². The molecule has 0 saturated carbocycles. The highest BCUT2D eigenvalue weighted by Crippen LogP contribution is 2.33. The van der Waals surface area contributed by atoms with Gasteiger partial charge in [-0.3, -0.25) is 4.79 Å². The smallest absolute Gasteiger partial charge is 0.257 e. The fourth-order valence-electron chi connectivity index (χ4n) is 2.00. The molecule has 0 aliphatic carbocycles. The quantitative estimate of drug-likeness (QED) is 0.806. The molecule has 1 amide bonds. The summed E-state index contributed by atoms with van der Waals surface area (Å²) in [6, 6.07) is 5.52. The van der Waals surface area contributed by atoms with E-state index in [9.17, 15) is 9.18 Å². The molecule has 0 saturated heterocycles. The molecule has 4 nitrogen and oxygen atoms in total. The molecule has 0 heterocycles. The normalized spacial score (nSPS) is 10.3. The summed E-state index contributed by atoms with van der Waals surface area (Å²) in [5, 5.41) is 2.59. The average Bonchev–Trinajstić information content (AvgIpc) is 2.52. The Morgan fingerprint density at radius 1 is 1.04 bits per heavy atom. The summed E-state index contributed by atoms with van der Waals surface area (Å²) in [4.78, 5) is 12.3. The standard InChI is InChI=1S/C16H14Cl2FNO3/c1-8-4-14(22-2)15(23-3)7-13(8)20-16(21)9-5-12(19)11(18)6-10(9)17/h4-7H,1-3H3,(H,20,21). The van der Waals surface area contributed by atoms with Crippen molar-refractivity contribution in [3.05, 3.63) is 51.3 Å². The second-order valence-corrected chi connectivity index (χ2v) is 5.54. The number of hydrogen-bond donors (Lipinski definition) is 1. The highest BCUT2D eigenvalue weighted by molar-refractivity contribution is 6.37. The Morgan fingerprint density at radius 3 is 2.26 bits per heavy atom. The number of aryl methyl sites for hydroxylation is 1. The minimum atomic E-state index is -0.717. The van der Waals surface area contributed by atoms with Crippen LogP contribution in [0, 0.1) is 12.7 Å². The molecule has 0 atom stereocenters. The summed E-state index contributed by atoms with van der Waals surface area (Å²) in [7, 11) is 3.01. The lowest BCUT2D eigenvalue weighted by molar-refractivity contribution is 0.102. The van der Waals surface area contributed by atoms with Crippen molar-refractivity contribution in [1.82, 2.24) is 0 Å². The van der Waals surface area contributed by atoms with Crippen molar-refractivity contribution in [2.75, 3.05) is 19.5 Å². The van der Waals surface area contributed by atoms with Crippen molar-refractivity contribution in [1.29, 1.82) is 0 Å². The Bertz CT molecular complexity index is 765. The minimum Gasteiger partial charge on any atom is -0.493 e. The number of benzene rings is 2. The van der Waals surface area contributed by atoms with Gasteiger partial charge < -0.3 is 14.8 Å². The number of carbonyl (C=O) groups excluding carboxylic acids is 1. The number of carbonyl (C=O) groups is 1. The summed E-state index contributed by atoms with van der Waals surface area (Å²) in [5.74, 6) is -0.272. The third-order valence-electron chi connectivity index (χ3n) is 3.23. The molecule has 7 heteroatoms. The van der Waals surface area contributed by atoms with E-state index in [2.05, 4.69) is 5.32 Å². The van der Waals surface area contributed by atoms with Gasteiger partial charge in [0.25, 0.3) is 5.91 Å². The predicted molar refractivity (Wildman–Crippen MR) is 88.7 cm³/mol. The maximum absolute atomic E-state index is 13.5. The predicted octanol–water partition coefficient (Wildman–Crippen LogP) is 4.71. The molecule has 2 aromatic rings. The van der Waals surface area contributed by atoms with Gasteiger partial charge in [-0.25, -0.2) is 4.39 Å². The van der Waals surface area contributed by atoms with Gasteiger partial charge in [-0.15, -0.1) is 0 Å². The van der Waals surface area contributed by atoms with Crippen molar-refractivity contribution >= 4 is 34.8 Å². The Balaban J connectivity index is 2.36. The Hall–Kier alpha value is -1.98. The van der Waals surface area contributed by atoms with E-state index in [1.807, 2.05) is 0 Å². The maximum atomic E-state index is 13.5. The third-order valence-corrected chi connectivity index (χ3v) is 3.84. The number of rotatable bonds is 4. The highest BCUT2D eigenvalue weighted by atomic mass is 35.5. The largest absolute Gasteiger partial charge is 0.493 e. The van der Waals surface area contributed by atoms with Crippen LogP contribution >= 0.6 is 23.2 Å². The Morgan fingerprint density at radius 2 is 1.65 bits per heavy atom. The molecule has 2 rings (SSSR count). The second kappa shape index (κ2) is 7.06. The number of nitrogens with one attached hydrogen (secondary N) is 1. The average molecular weight is 358 g/mol. The van der Waals surface area contributed by atoms with Crippen LogP contribution < -0.4 is 14.8 Å². The number of amides is 1. The van der Waals surface area contributed by atoms with Gasteiger partial charge in [0.05, 0.1) is 29.8 Å². The van der Waals surface area contributed by atoms with Crippen molar-refractivity contribution in [3.8, 4) is 11.5 Å². The fourth-order valence-corrected chi connectivity index (χ4v) is 2.47. The van der Waals surface area contributed by atoms with Crippen molar-refractivity contribution in [2.45, 2.75) is 6.92 Å². The SMILES string of the molecule is COc1cc(C)c(NC(=O)c2cc(F)c(Cl)cc2Cl)cc1OC. The lowest BCUT2D eigenvalue weighted by Gasteiger charge is -2.14. The molecule has 0 spiro atoms. The van der Waals surface area contributed by atoms with E-state index < -0.39 is 11.7 Å². The summed E-state index contributed by atoms with van der Waals surface area (Å²) < 4.78 is 23.9. The van der Waals surface area contributed by atoms with Crippen LogP contribution in [0.15, 0.2) is 24.3 Å². The fraction of sp³-hybridized carbons (Fsp3) is 0.188. The van der Waals surface area contributed by atoms with Gasteiger partial charge in [-0.05, 0) is 30.7 Å². The third kappa shape index (κ3) is 3.68. The summed E-state index contributed by atoms with van der Waals surface area (Å²) in [5.41, 5.74) is 1.24. The molecular weight excluding hydrogens is 344 g/mol. The van der Waals surface area contributed by atoms with E-state index >= 15 is 0 Å². The van der Waals surface area contributed by atoms with Crippen LogP contribution in [-0.2, 0) is 0 Å². The monoisotopic (exact) mass is 357 g/mol. The van der Waals surface area contributed by atoms with Crippen LogP contribution in [-0.4, -0.2) is 20.1 Å². The molecule has 0 unspecified atom stereocenters. The Labute approximate surface area is 143 Å². The molecular formula is C16H14Cl2FNO3. The van der Waals surface area contributed by atoms with E-state index in [-0.39, 0.29) is 15.6 Å². The molecule has 122 valence electrons. The molecule has 0 aliphatic rings. The van der Waals surface area contributed by atoms with E-state index in [4.69, 9.17) is 32.7 Å². The van der Waals surface area contributed by atoms with Crippen molar-refractivity contribution < 1.29 is 18.7 Å². The molecule has 2 aromatic carbocycles. The summed E-state index contributed by atoms with van der Waals surface area (Å²) >= 11 is 11.6. The van der Waals surface area contributed by atoms with Gasteiger partial charge in [0.2, 0.25) is 0 Å². The van der Waals surface area contributed by atoms with Crippen LogP contribution in [0.5, 0.6) is 11.5 Å². The zero-order valence-corrected chi connectivity index (χ0v) is 14.2. The molecule has 0 radical (unpaired) electrons. The zero-order chi connectivity index (χ0) is 17.1. The van der Waals surface area contributed by atoms with E-state index in [0.29, 0.717) is 17.2 Å². The lowest BCUT2D eigenvalue weighted by atomic mass is 10.1. The molecule has 0 aromatic heterocycles. The van der Waals surface area contributed by atoms with E-state index in [1.165, 1.54) is 20.3 Å². The van der Waals surface area contributed by atoms with Crippen LogP contribution in [0.25, 0.3) is 0 Å². The molecule has 0 fully saturated rings.